The molecule has 1 N–H and O–H groups in total. The summed E-state index contributed by atoms with van der Waals surface area (Å²) >= 11 is 0. The summed E-state index contributed by atoms with van der Waals surface area (Å²) in [6, 6.07) is -0.152. The summed E-state index contributed by atoms with van der Waals surface area (Å²) < 4.78 is 12.9. The van der Waals surface area contributed by atoms with Gasteiger partial charge in [-0.05, 0) is 13.0 Å². The molecule has 1 aliphatic rings. The first-order chi connectivity index (χ1) is 8.72. The number of nitrogens with zero attached hydrogens (tertiary/aromatic N) is 2. The zero-order chi connectivity index (χ0) is 13.0. The SMILES string of the molecule is C=CC(=O)N[C@H]1COC[C@H]1Oc1cnn(CC)c1. The monoisotopic (exact) mass is 251 g/mol. The number of ether oxygens (including phenoxy) is 2. The van der Waals surface area contributed by atoms with E-state index in [1.165, 1.54) is 6.08 Å². The first-order valence-corrected chi connectivity index (χ1v) is 5.92. The summed E-state index contributed by atoms with van der Waals surface area (Å²) in [6.07, 6.45) is 4.53. The molecule has 2 atom stereocenters. The summed E-state index contributed by atoms with van der Waals surface area (Å²) in [5.41, 5.74) is 0. The molecule has 1 fully saturated rings. The van der Waals surface area contributed by atoms with Gasteiger partial charge >= 0.3 is 0 Å². The maximum absolute atomic E-state index is 11.3. The van der Waals surface area contributed by atoms with Crippen molar-refractivity contribution < 1.29 is 14.3 Å². The Kier molecular flexibility index (Phi) is 3.99. The highest BCUT2D eigenvalue weighted by molar-refractivity contribution is 5.87. The van der Waals surface area contributed by atoms with Gasteiger partial charge in [-0.1, -0.05) is 6.58 Å². The van der Waals surface area contributed by atoms with Crippen molar-refractivity contribution in [2.45, 2.75) is 25.6 Å². The van der Waals surface area contributed by atoms with Gasteiger partial charge in [0.1, 0.15) is 6.10 Å². The molecule has 2 rings (SSSR count). The highest BCUT2D eigenvalue weighted by Crippen LogP contribution is 2.16. The molecule has 0 unspecified atom stereocenters. The topological polar surface area (TPSA) is 65.4 Å². The van der Waals surface area contributed by atoms with Crippen LogP contribution in [-0.4, -0.2) is 41.0 Å². The Labute approximate surface area is 106 Å². The Balaban J connectivity index is 1.94. The lowest BCUT2D eigenvalue weighted by Gasteiger charge is -2.18. The lowest BCUT2D eigenvalue weighted by atomic mass is 10.2. The van der Waals surface area contributed by atoms with Crippen molar-refractivity contribution in [1.82, 2.24) is 15.1 Å². The molecule has 1 saturated heterocycles. The molecule has 0 aromatic carbocycles. The predicted octanol–water partition coefficient (Wildman–Crippen LogP) is 0.351. The number of aromatic nitrogens is 2. The van der Waals surface area contributed by atoms with Gasteiger partial charge in [0.2, 0.25) is 5.91 Å². The van der Waals surface area contributed by atoms with Gasteiger partial charge in [0.25, 0.3) is 0 Å². The molecule has 0 saturated carbocycles. The molecule has 0 radical (unpaired) electrons. The van der Waals surface area contributed by atoms with Crippen molar-refractivity contribution in [2.24, 2.45) is 0 Å². The van der Waals surface area contributed by atoms with Crippen LogP contribution in [0.2, 0.25) is 0 Å². The third kappa shape index (κ3) is 2.89. The smallest absolute Gasteiger partial charge is 0.243 e. The Morgan fingerprint density at radius 2 is 2.61 bits per heavy atom. The van der Waals surface area contributed by atoms with E-state index in [1.54, 1.807) is 10.9 Å². The Morgan fingerprint density at radius 1 is 1.78 bits per heavy atom. The van der Waals surface area contributed by atoms with Gasteiger partial charge in [0.05, 0.1) is 31.6 Å². The summed E-state index contributed by atoms with van der Waals surface area (Å²) in [5, 5.41) is 6.91. The minimum Gasteiger partial charge on any atom is -0.482 e. The minimum absolute atomic E-state index is 0.152. The third-order valence-corrected chi connectivity index (χ3v) is 2.76. The highest BCUT2D eigenvalue weighted by atomic mass is 16.5. The van der Waals surface area contributed by atoms with Crippen molar-refractivity contribution in [1.29, 1.82) is 0 Å². The Hall–Kier alpha value is -1.82. The maximum atomic E-state index is 11.3. The summed E-state index contributed by atoms with van der Waals surface area (Å²) in [4.78, 5) is 11.3. The van der Waals surface area contributed by atoms with Gasteiger partial charge < -0.3 is 14.8 Å². The zero-order valence-corrected chi connectivity index (χ0v) is 10.3. The highest BCUT2D eigenvalue weighted by Gasteiger charge is 2.31. The van der Waals surface area contributed by atoms with E-state index < -0.39 is 0 Å². The van der Waals surface area contributed by atoms with Gasteiger partial charge in [0, 0.05) is 6.54 Å². The van der Waals surface area contributed by atoms with Crippen LogP contribution in [0.25, 0.3) is 0 Å². The fourth-order valence-corrected chi connectivity index (χ4v) is 1.78. The van der Waals surface area contributed by atoms with Crippen LogP contribution in [0.1, 0.15) is 6.92 Å². The second-order valence-corrected chi connectivity index (χ2v) is 4.04. The number of rotatable bonds is 5. The van der Waals surface area contributed by atoms with Crippen molar-refractivity contribution in [3.8, 4) is 5.75 Å². The Morgan fingerprint density at radius 3 is 3.28 bits per heavy atom. The van der Waals surface area contributed by atoms with Gasteiger partial charge in [-0.3, -0.25) is 9.48 Å². The van der Waals surface area contributed by atoms with Crippen LogP contribution in [0, 0.1) is 0 Å². The maximum Gasteiger partial charge on any atom is 0.243 e. The summed E-state index contributed by atoms with van der Waals surface area (Å²) in [7, 11) is 0. The average molecular weight is 251 g/mol. The number of amides is 1. The second kappa shape index (κ2) is 5.68. The molecule has 0 aliphatic carbocycles. The third-order valence-electron chi connectivity index (χ3n) is 2.76. The summed E-state index contributed by atoms with van der Waals surface area (Å²) in [6.45, 7) is 7.12. The molecule has 6 heteroatoms. The molecule has 1 amide bonds. The summed E-state index contributed by atoms with van der Waals surface area (Å²) in [5.74, 6) is 0.466. The number of hydrogen-bond donors (Lipinski definition) is 1. The van der Waals surface area contributed by atoms with Crippen LogP contribution in [0.15, 0.2) is 25.0 Å². The molecular weight excluding hydrogens is 234 g/mol. The van der Waals surface area contributed by atoms with Crippen LogP contribution in [0.4, 0.5) is 0 Å². The first-order valence-electron chi connectivity index (χ1n) is 5.92. The van der Waals surface area contributed by atoms with E-state index in [1.807, 2.05) is 13.1 Å². The van der Waals surface area contributed by atoms with E-state index in [-0.39, 0.29) is 18.1 Å². The molecule has 1 aromatic heterocycles. The van der Waals surface area contributed by atoms with Crippen LogP contribution in [-0.2, 0) is 16.1 Å². The van der Waals surface area contributed by atoms with Gasteiger partial charge in [0.15, 0.2) is 5.75 Å². The number of nitrogens with one attached hydrogen (secondary N) is 1. The minimum atomic E-state index is -0.219. The van der Waals surface area contributed by atoms with E-state index in [9.17, 15) is 4.79 Å². The molecule has 0 spiro atoms. The average Bonchev–Trinajstić information content (AvgIpc) is 3.00. The standard InChI is InChI=1S/C12H17N3O3/c1-3-12(16)14-10-7-17-8-11(10)18-9-5-13-15(4-2)6-9/h3,5-6,10-11H,1,4,7-8H2,2H3,(H,14,16)/t10-,11+/m0/s1. The molecule has 1 aliphatic heterocycles. The van der Waals surface area contributed by atoms with Crippen LogP contribution in [0.5, 0.6) is 5.75 Å². The first kappa shape index (κ1) is 12.6. The lowest BCUT2D eigenvalue weighted by Crippen LogP contribution is -2.44. The van der Waals surface area contributed by atoms with Crippen molar-refractivity contribution in [2.75, 3.05) is 13.2 Å². The number of hydrogen-bond acceptors (Lipinski definition) is 4. The van der Waals surface area contributed by atoms with Gasteiger partial charge in [-0.15, -0.1) is 0 Å². The predicted molar refractivity (Wildman–Crippen MR) is 65.3 cm³/mol. The van der Waals surface area contributed by atoms with E-state index in [0.717, 1.165) is 6.54 Å². The normalized spacial score (nSPS) is 22.7. The molecule has 2 heterocycles. The van der Waals surface area contributed by atoms with Crippen LogP contribution < -0.4 is 10.1 Å². The largest absolute Gasteiger partial charge is 0.482 e. The quantitative estimate of drug-likeness (QED) is 0.767. The molecule has 1 aromatic rings. The number of carbonyl (C=O) groups is 1. The van der Waals surface area contributed by atoms with E-state index in [4.69, 9.17) is 9.47 Å². The molecule has 98 valence electrons. The molecular formula is C12H17N3O3. The lowest BCUT2D eigenvalue weighted by molar-refractivity contribution is -0.117. The van der Waals surface area contributed by atoms with Crippen LogP contribution >= 0.6 is 0 Å². The number of carbonyl (C=O) groups excluding carboxylic acids is 1. The van der Waals surface area contributed by atoms with E-state index >= 15 is 0 Å². The fourth-order valence-electron chi connectivity index (χ4n) is 1.78. The Bertz CT molecular complexity index is 430. The van der Waals surface area contributed by atoms with E-state index in [0.29, 0.717) is 19.0 Å². The van der Waals surface area contributed by atoms with Gasteiger partial charge in [-0.25, -0.2) is 0 Å². The molecule has 6 nitrogen and oxygen atoms in total. The molecule has 0 bridgehead atoms. The van der Waals surface area contributed by atoms with Crippen molar-refractivity contribution in [3.63, 3.8) is 0 Å². The van der Waals surface area contributed by atoms with Crippen molar-refractivity contribution >= 4 is 5.91 Å². The molecule has 18 heavy (non-hydrogen) atoms. The fraction of sp³-hybridized carbons (Fsp3) is 0.500. The number of aryl methyl sites for hydroxylation is 1. The van der Waals surface area contributed by atoms with Crippen LogP contribution in [0.3, 0.4) is 0 Å². The zero-order valence-electron chi connectivity index (χ0n) is 10.3. The second-order valence-electron chi connectivity index (χ2n) is 4.04. The van der Waals surface area contributed by atoms with Crippen molar-refractivity contribution in [3.05, 3.63) is 25.0 Å². The van der Waals surface area contributed by atoms with E-state index in [2.05, 4.69) is 17.0 Å². The van der Waals surface area contributed by atoms with Gasteiger partial charge in [-0.2, -0.15) is 5.10 Å².